The van der Waals surface area contributed by atoms with Crippen molar-refractivity contribution in [3.8, 4) is 5.75 Å². The van der Waals surface area contributed by atoms with Crippen molar-refractivity contribution in [3.05, 3.63) is 42.5 Å². The highest BCUT2D eigenvalue weighted by atomic mass is 32.2. The van der Waals surface area contributed by atoms with E-state index in [4.69, 9.17) is 4.74 Å². The van der Waals surface area contributed by atoms with E-state index in [1.807, 2.05) is 31.2 Å². The number of carbonyl (C=O) groups is 1. The summed E-state index contributed by atoms with van der Waals surface area (Å²) in [6, 6.07) is 7.55. The Kier molecular flexibility index (Phi) is 5.77. The Labute approximate surface area is 131 Å². The van der Waals surface area contributed by atoms with Crippen molar-refractivity contribution in [1.29, 1.82) is 0 Å². The first kappa shape index (κ1) is 15.5. The molecule has 0 saturated carbocycles. The van der Waals surface area contributed by atoms with E-state index in [0.29, 0.717) is 10.9 Å². The molecule has 1 amide bonds. The van der Waals surface area contributed by atoms with Crippen molar-refractivity contribution >= 4 is 34.1 Å². The zero-order chi connectivity index (χ0) is 15.1. The first-order valence-corrected chi connectivity index (χ1v) is 8.04. The van der Waals surface area contributed by atoms with Crippen LogP contribution in [0.15, 0.2) is 41.3 Å². The summed E-state index contributed by atoms with van der Waals surface area (Å²) in [4.78, 5) is 11.8. The molecule has 110 valence electrons. The predicted octanol–water partition coefficient (Wildman–Crippen LogP) is 3.14. The van der Waals surface area contributed by atoms with Crippen LogP contribution >= 0.6 is 23.1 Å². The molecule has 0 aliphatic carbocycles. The predicted molar refractivity (Wildman–Crippen MR) is 86.1 cm³/mol. The number of nitrogens with zero attached hydrogens (tertiary/aromatic N) is 2. The Bertz CT molecular complexity index is 628. The minimum Gasteiger partial charge on any atom is -0.483 e. The molecule has 1 N–H and O–H groups in total. The van der Waals surface area contributed by atoms with Gasteiger partial charge in [-0.2, -0.15) is 0 Å². The van der Waals surface area contributed by atoms with Crippen LogP contribution in [0.2, 0.25) is 0 Å². The van der Waals surface area contributed by atoms with Gasteiger partial charge in [-0.15, -0.1) is 16.8 Å². The standard InChI is InChI=1S/C14H15N3O2S2/c1-3-8-20-14-17-16-13(21-14)15-12(18)9-19-11-7-5-4-6-10(11)2/h3-7H,1,8-9H2,2H3,(H,15,16,18). The Hall–Kier alpha value is -1.86. The second-order valence-electron chi connectivity index (χ2n) is 4.08. The molecule has 21 heavy (non-hydrogen) atoms. The van der Waals surface area contributed by atoms with Crippen molar-refractivity contribution < 1.29 is 9.53 Å². The molecule has 0 atom stereocenters. The molecule has 2 aromatic rings. The zero-order valence-corrected chi connectivity index (χ0v) is 13.2. The average molecular weight is 321 g/mol. The second-order valence-corrected chi connectivity index (χ2v) is 6.32. The number of rotatable bonds is 7. The molecule has 0 unspecified atom stereocenters. The van der Waals surface area contributed by atoms with Crippen LogP contribution in [-0.4, -0.2) is 28.5 Å². The summed E-state index contributed by atoms with van der Waals surface area (Å²) in [6.07, 6.45) is 1.79. The van der Waals surface area contributed by atoms with E-state index in [1.54, 1.807) is 6.08 Å². The monoisotopic (exact) mass is 321 g/mol. The molecule has 0 bridgehead atoms. The number of ether oxygens (including phenoxy) is 1. The van der Waals surface area contributed by atoms with Gasteiger partial charge < -0.3 is 4.74 Å². The van der Waals surface area contributed by atoms with Crippen LogP contribution in [0.25, 0.3) is 0 Å². The highest BCUT2D eigenvalue weighted by Crippen LogP contribution is 2.25. The van der Waals surface area contributed by atoms with Crippen LogP contribution in [0.3, 0.4) is 0 Å². The van der Waals surface area contributed by atoms with Crippen LogP contribution < -0.4 is 10.1 Å². The van der Waals surface area contributed by atoms with Gasteiger partial charge in [-0.3, -0.25) is 10.1 Å². The fraction of sp³-hybridized carbons (Fsp3) is 0.214. The lowest BCUT2D eigenvalue weighted by atomic mass is 10.2. The normalized spacial score (nSPS) is 10.1. The molecule has 0 saturated heterocycles. The third-order valence-corrected chi connectivity index (χ3v) is 4.40. The molecule has 1 heterocycles. The molecule has 7 heteroatoms. The molecule has 1 aromatic carbocycles. The van der Waals surface area contributed by atoms with Crippen molar-refractivity contribution in [1.82, 2.24) is 10.2 Å². The SMILES string of the molecule is C=CCSc1nnc(NC(=O)COc2ccccc2C)s1. The fourth-order valence-electron chi connectivity index (χ4n) is 1.47. The van der Waals surface area contributed by atoms with Gasteiger partial charge in [0.2, 0.25) is 5.13 Å². The number of benzene rings is 1. The fourth-order valence-corrected chi connectivity index (χ4v) is 3.00. The van der Waals surface area contributed by atoms with E-state index in [0.717, 1.165) is 15.7 Å². The lowest BCUT2D eigenvalue weighted by Gasteiger charge is -2.07. The number of hydrogen-bond donors (Lipinski definition) is 1. The van der Waals surface area contributed by atoms with Crippen molar-refractivity contribution in [2.75, 3.05) is 17.7 Å². The van der Waals surface area contributed by atoms with Gasteiger partial charge in [-0.1, -0.05) is 47.4 Å². The number of amides is 1. The summed E-state index contributed by atoms with van der Waals surface area (Å²) in [5.74, 6) is 1.21. The van der Waals surface area contributed by atoms with Crippen molar-refractivity contribution in [3.63, 3.8) is 0 Å². The van der Waals surface area contributed by atoms with Gasteiger partial charge in [0.25, 0.3) is 5.91 Å². The number of nitrogens with one attached hydrogen (secondary N) is 1. The van der Waals surface area contributed by atoms with E-state index in [9.17, 15) is 4.79 Å². The van der Waals surface area contributed by atoms with Gasteiger partial charge in [0, 0.05) is 5.75 Å². The summed E-state index contributed by atoms with van der Waals surface area (Å²) in [5, 5.41) is 11.0. The Balaban J connectivity index is 1.83. The summed E-state index contributed by atoms with van der Waals surface area (Å²) in [7, 11) is 0. The van der Waals surface area contributed by atoms with Gasteiger partial charge in [-0.05, 0) is 18.6 Å². The molecular weight excluding hydrogens is 306 g/mol. The largest absolute Gasteiger partial charge is 0.483 e. The third kappa shape index (κ3) is 4.87. The van der Waals surface area contributed by atoms with Crippen LogP contribution in [-0.2, 0) is 4.79 Å². The number of anilines is 1. The second kappa shape index (κ2) is 7.80. The Morgan fingerprint density at radius 1 is 1.48 bits per heavy atom. The maximum Gasteiger partial charge on any atom is 0.264 e. The first-order chi connectivity index (χ1) is 10.2. The van der Waals surface area contributed by atoms with Gasteiger partial charge in [0.05, 0.1) is 0 Å². The van der Waals surface area contributed by atoms with Crippen molar-refractivity contribution in [2.24, 2.45) is 0 Å². The number of hydrogen-bond acceptors (Lipinski definition) is 6. The summed E-state index contributed by atoms with van der Waals surface area (Å²) >= 11 is 2.86. The molecule has 0 radical (unpaired) electrons. The molecule has 0 spiro atoms. The lowest BCUT2D eigenvalue weighted by molar-refractivity contribution is -0.118. The molecule has 2 rings (SSSR count). The minimum atomic E-state index is -0.255. The number of para-hydroxylation sites is 1. The van der Waals surface area contributed by atoms with E-state index in [2.05, 4.69) is 22.1 Å². The maximum atomic E-state index is 11.8. The number of aryl methyl sites for hydroxylation is 1. The quantitative estimate of drug-likeness (QED) is 0.482. The van der Waals surface area contributed by atoms with Gasteiger partial charge in [0.1, 0.15) is 5.75 Å². The third-order valence-electron chi connectivity index (χ3n) is 2.43. The molecule has 0 aliphatic rings. The van der Waals surface area contributed by atoms with Gasteiger partial charge in [0.15, 0.2) is 10.9 Å². The molecule has 0 aliphatic heterocycles. The van der Waals surface area contributed by atoms with E-state index >= 15 is 0 Å². The number of carbonyl (C=O) groups excluding carboxylic acids is 1. The van der Waals surface area contributed by atoms with Crippen LogP contribution in [0.4, 0.5) is 5.13 Å². The summed E-state index contributed by atoms with van der Waals surface area (Å²) in [6.45, 7) is 5.52. The maximum absolute atomic E-state index is 11.8. The van der Waals surface area contributed by atoms with Crippen LogP contribution in [0.1, 0.15) is 5.56 Å². The molecule has 0 fully saturated rings. The number of aromatic nitrogens is 2. The topological polar surface area (TPSA) is 64.1 Å². The lowest BCUT2D eigenvalue weighted by Crippen LogP contribution is -2.20. The van der Waals surface area contributed by atoms with Gasteiger partial charge in [-0.25, -0.2) is 0 Å². The highest BCUT2D eigenvalue weighted by molar-refractivity contribution is 8.01. The average Bonchev–Trinajstić information content (AvgIpc) is 2.91. The zero-order valence-electron chi connectivity index (χ0n) is 11.5. The minimum absolute atomic E-state index is 0.0560. The number of thioether (sulfide) groups is 1. The van der Waals surface area contributed by atoms with E-state index in [-0.39, 0.29) is 12.5 Å². The Morgan fingerprint density at radius 3 is 3.05 bits per heavy atom. The summed E-state index contributed by atoms with van der Waals surface area (Å²) in [5.41, 5.74) is 0.990. The van der Waals surface area contributed by atoms with E-state index < -0.39 is 0 Å². The molecule has 1 aromatic heterocycles. The van der Waals surface area contributed by atoms with Crippen LogP contribution in [0, 0.1) is 6.92 Å². The highest BCUT2D eigenvalue weighted by Gasteiger charge is 2.09. The smallest absolute Gasteiger partial charge is 0.264 e. The van der Waals surface area contributed by atoms with E-state index in [1.165, 1.54) is 23.1 Å². The van der Waals surface area contributed by atoms with Crippen LogP contribution in [0.5, 0.6) is 5.75 Å². The Morgan fingerprint density at radius 2 is 2.29 bits per heavy atom. The first-order valence-electron chi connectivity index (χ1n) is 6.24. The molecule has 5 nitrogen and oxygen atoms in total. The molecular formula is C14H15N3O2S2. The van der Waals surface area contributed by atoms with Crippen molar-refractivity contribution in [2.45, 2.75) is 11.3 Å². The van der Waals surface area contributed by atoms with Gasteiger partial charge >= 0.3 is 0 Å². The summed E-state index contributed by atoms with van der Waals surface area (Å²) < 4.78 is 6.26.